The van der Waals surface area contributed by atoms with Gasteiger partial charge in [0.05, 0.1) is 5.41 Å². The molecule has 0 aliphatic carbocycles. The van der Waals surface area contributed by atoms with Gasteiger partial charge in [-0.2, -0.15) is 0 Å². The molecule has 5 nitrogen and oxygen atoms in total. The van der Waals surface area contributed by atoms with Crippen molar-refractivity contribution in [2.75, 3.05) is 20.1 Å². The molecule has 0 radical (unpaired) electrons. The summed E-state index contributed by atoms with van der Waals surface area (Å²) in [5, 5.41) is 11.9. The van der Waals surface area contributed by atoms with Gasteiger partial charge >= 0.3 is 12.0 Å². The first-order valence-corrected chi connectivity index (χ1v) is 6.15. The van der Waals surface area contributed by atoms with Gasteiger partial charge in [-0.1, -0.05) is 26.0 Å². The van der Waals surface area contributed by atoms with Crippen LogP contribution in [0.25, 0.3) is 0 Å². The smallest absolute Gasteiger partial charge is 0.317 e. The molecule has 2 N–H and O–H groups in total. The zero-order chi connectivity index (χ0) is 14.3. The van der Waals surface area contributed by atoms with E-state index in [4.69, 9.17) is 0 Å². The van der Waals surface area contributed by atoms with Gasteiger partial charge < -0.3 is 15.3 Å². The summed E-state index contributed by atoms with van der Waals surface area (Å²) in [5.74, 6) is -0.865. The molecule has 0 saturated carbocycles. The molecule has 0 spiro atoms. The molecule has 0 atom stereocenters. The van der Waals surface area contributed by atoms with Gasteiger partial charge in [0.25, 0.3) is 0 Å². The number of hydrogen-bond acceptors (Lipinski definition) is 2. The van der Waals surface area contributed by atoms with Crippen LogP contribution >= 0.6 is 0 Å². The lowest BCUT2D eigenvalue weighted by molar-refractivity contribution is -0.149. The van der Waals surface area contributed by atoms with E-state index in [0.29, 0.717) is 19.4 Å². The van der Waals surface area contributed by atoms with Crippen LogP contribution in [0.5, 0.6) is 0 Å². The molecule has 104 valence electrons. The number of nitrogens with zero attached hydrogens (tertiary/aromatic N) is 1. The Labute approximate surface area is 109 Å². The van der Waals surface area contributed by atoms with Crippen LogP contribution in [0.2, 0.25) is 0 Å². The second-order valence-electron chi connectivity index (χ2n) is 4.76. The average molecular weight is 256 g/mol. The second-order valence-corrected chi connectivity index (χ2v) is 4.76. The molecule has 0 aromatic heterocycles. The molecule has 0 rings (SSSR count). The topological polar surface area (TPSA) is 69.6 Å². The van der Waals surface area contributed by atoms with Crippen LogP contribution in [0, 0.1) is 5.41 Å². The number of likely N-dealkylation sites (N-methyl/N-ethyl adjacent to an activating group) is 1. The van der Waals surface area contributed by atoms with Crippen LogP contribution in [0.15, 0.2) is 12.2 Å². The zero-order valence-corrected chi connectivity index (χ0v) is 11.7. The second kappa shape index (κ2) is 7.03. The number of nitrogens with one attached hydrogen (secondary N) is 1. The summed E-state index contributed by atoms with van der Waals surface area (Å²) in [6.07, 6.45) is 0.979. The van der Waals surface area contributed by atoms with Crippen molar-refractivity contribution < 1.29 is 14.7 Å². The molecule has 0 heterocycles. The highest BCUT2D eigenvalue weighted by Crippen LogP contribution is 2.25. The molecule has 18 heavy (non-hydrogen) atoms. The summed E-state index contributed by atoms with van der Waals surface area (Å²) in [6, 6.07) is -0.273. The van der Waals surface area contributed by atoms with Crippen LogP contribution in [0.3, 0.4) is 0 Å². The highest BCUT2D eigenvalue weighted by Gasteiger charge is 2.35. The number of urea groups is 1. The van der Waals surface area contributed by atoms with Gasteiger partial charge in [-0.3, -0.25) is 4.79 Å². The quantitative estimate of drug-likeness (QED) is 0.685. The standard InChI is InChI=1S/C13H24N2O3/c1-6-13(7-2,11(16)17)9-14-12(18)15(5)8-10(3)4/h3,6-9H2,1-2,4-5H3,(H,14,18)(H,16,17). The van der Waals surface area contributed by atoms with Crippen LogP contribution in [0.4, 0.5) is 4.79 Å². The third-order valence-electron chi connectivity index (χ3n) is 3.24. The Hall–Kier alpha value is -1.52. The van der Waals surface area contributed by atoms with Crippen molar-refractivity contribution in [3.63, 3.8) is 0 Å². The Morgan fingerprint density at radius 3 is 2.17 bits per heavy atom. The van der Waals surface area contributed by atoms with Crippen molar-refractivity contribution in [1.29, 1.82) is 0 Å². The lowest BCUT2D eigenvalue weighted by Crippen LogP contribution is -2.46. The number of rotatable bonds is 7. The number of carboxylic acids is 1. The third kappa shape index (κ3) is 4.39. The molecule has 2 amide bonds. The molecule has 0 unspecified atom stereocenters. The monoisotopic (exact) mass is 256 g/mol. The van der Waals surface area contributed by atoms with E-state index in [9.17, 15) is 14.7 Å². The van der Waals surface area contributed by atoms with Crippen LogP contribution in [-0.4, -0.2) is 42.1 Å². The van der Waals surface area contributed by atoms with Crippen LogP contribution in [-0.2, 0) is 4.79 Å². The highest BCUT2D eigenvalue weighted by atomic mass is 16.4. The van der Waals surface area contributed by atoms with Crippen molar-refractivity contribution in [1.82, 2.24) is 10.2 Å². The van der Waals surface area contributed by atoms with Crippen molar-refractivity contribution in [2.24, 2.45) is 5.41 Å². The molecule has 0 aliphatic rings. The Morgan fingerprint density at radius 2 is 1.83 bits per heavy atom. The van der Waals surface area contributed by atoms with E-state index in [1.807, 2.05) is 20.8 Å². The zero-order valence-electron chi connectivity index (χ0n) is 11.7. The number of carbonyl (C=O) groups excluding carboxylic acids is 1. The normalized spacial score (nSPS) is 10.9. The highest BCUT2D eigenvalue weighted by molar-refractivity contribution is 5.78. The van der Waals surface area contributed by atoms with E-state index in [1.165, 1.54) is 4.90 Å². The molecule has 5 heteroatoms. The number of hydrogen-bond donors (Lipinski definition) is 2. The first-order chi connectivity index (χ1) is 8.29. The fourth-order valence-electron chi connectivity index (χ4n) is 1.73. The predicted molar refractivity (Wildman–Crippen MR) is 71.5 cm³/mol. The Morgan fingerprint density at radius 1 is 1.33 bits per heavy atom. The minimum Gasteiger partial charge on any atom is -0.481 e. The first-order valence-electron chi connectivity index (χ1n) is 6.15. The Kier molecular flexibility index (Phi) is 6.44. The van der Waals surface area contributed by atoms with Gasteiger partial charge in [0.2, 0.25) is 0 Å². The van der Waals surface area contributed by atoms with Crippen molar-refractivity contribution in [3.8, 4) is 0 Å². The van der Waals surface area contributed by atoms with E-state index < -0.39 is 11.4 Å². The maximum atomic E-state index is 11.8. The third-order valence-corrected chi connectivity index (χ3v) is 3.24. The van der Waals surface area contributed by atoms with E-state index in [1.54, 1.807) is 7.05 Å². The molecular formula is C13H24N2O3. The van der Waals surface area contributed by atoms with Crippen molar-refractivity contribution >= 4 is 12.0 Å². The maximum absolute atomic E-state index is 11.8. The summed E-state index contributed by atoms with van der Waals surface area (Å²) in [5.41, 5.74) is 0.00262. The van der Waals surface area contributed by atoms with Gasteiger partial charge in [0.1, 0.15) is 0 Å². The molecule has 0 aromatic rings. The summed E-state index contributed by atoms with van der Waals surface area (Å²) < 4.78 is 0. The lowest BCUT2D eigenvalue weighted by atomic mass is 9.82. The van der Waals surface area contributed by atoms with E-state index in [-0.39, 0.29) is 12.6 Å². The summed E-state index contributed by atoms with van der Waals surface area (Å²) >= 11 is 0. The van der Waals surface area contributed by atoms with Crippen LogP contribution in [0.1, 0.15) is 33.6 Å². The lowest BCUT2D eigenvalue weighted by Gasteiger charge is -2.28. The van der Waals surface area contributed by atoms with Gasteiger partial charge in [-0.05, 0) is 19.8 Å². The fraction of sp³-hybridized carbons (Fsp3) is 0.692. The summed E-state index contributed by atoms with van der Waals surface area (Å²) in [4.78, 5) is 24.5. The molecular weight excluding hydrogens is 232 g/mol. The number of carboxylic acid groups (broad SMARTS) is 1. The minimum atomic E-state index is -0.875. The van der Waals surface area contributed by atoms with Gasteiger partial charge in [0.15, 0.2) is 0 Å². The average Bonchev–Trinajstić information content (AvgIpc) is 2.29. The molecule has 0 fully saturated rings. The van der Waals surface area contributed by atoms with E-state index in [0.717, 1.165) is 5.57 Å². The van der Waals surface area contributed by atoms with Gasteiger partial charge in [0, 0.05) is 20.1 Å². The Bertz CT molecular complexity index is 322. The fourth-order valence-corrected chi connectivity index (χ4v) is 1.73. The Balaban J connectivity index is 4.49. The van der Waals surface area contributed by atoms with Gasteiger partial charge in [-0.15, -0.1) is 0 Å². The summed E-state index contributed by atoms with van der Waals surface area (Å²) in [7, 11) is 1.66. The SMILES string of the molecule is C=C(C)CN(C)C(=O)NCC(CC)(CC)C(=O)O. The van der Waals surface area contributed by atoms with Crippen molar-refractivity contribution in [2.45, 2.75) is 33.6 Å². The molecule has 0 bridgehead atoms. The predicted octanol–water partition coefficient (Wildman–Crippen LogP) is 2.09. The first kappa shape index (κ1) is 16.5. The number of carbonyl (C=O) groups is 2. The summed E-state index contributed by atoms with van der Waals surface area (Å²) in [6.45, 7) is 9.82. The minimum absolute atomic E-state index is 0.148. The molecule has 0 aliphatic heterocycles. The maximum Gasteiger partial charge on any atom is 0.317 e. The van der Waals surface area contributed by atoms with Gasteiger partial charge in [-0.25, -0.2) is 4.79 Å². The number of amides is 2. The van der Waals surface area contributed by atoms with Crippen LogP contribution < -0.4 is 5.32 Å². The molecule has 0 saturated heterocycles. The van der Waals surface area contributed by atoms with E-state index >= 15 is 0 Å². The largest absolute Gasteiger partial charge is 0.481 e. The number of aliphatic carboxylic acids is 1. The van der Waals surface area contributed by atoms with Crippen molar-refractivity contribution in [3.05, 3.63) is 12.2 Å². The van der Waals surface area contributed by atoms with E-state index in [2.05, 4.69) is 11.9 Å². The molecule has 0 aromatic carbocycles.